The van der Waals surface area contributed by atoms with Gasteiger partial charge in [-0.3, -0.25) is 14.4 Å². The predicted molar refractivity (Wildman–Crippen MR) is 76.9 cm³/mol. The van der Waals surface area contributed by atoms with Crippen molar-refractivity contribution in [1.29, 1.82) is 0 Å². The molecule has 2 rings (SSSR count). The van der Waals surface area contributed by atoms with Gasteiger partial charge in [0.1, 0.15) is 11.7 Å². The molecule has 1 atom stereocenters. The molecule has 1 aromatic heterocycles. The van der Waals surface area contributed by atoms with Gasteiger partial charge in [-0.05, 0) is 18.9 Å². The number of hydrogen-bond acceptors (Lipinski definition) is 4. The molecule has 0 spiro atoms. The third kappa shape index (κ3) is 3.12. The number of nitrogens with zero attached hydrogens (tertiary/aromatic N) is 3. The van der Waals surface area contributed by atoms with Crippen LogP contribution in [0.15, 0.2) is 16.9 Å². The number of piperazine rings is 1. The summed E-state index contributed by atoms with van der Waals surface area (Å²) in [6.45, 7) is 5.16. The fourth-order valence-electron chi connectivity index (χ4n) is 2.45. The van der Waals surface area contributed by atoms with Crippen LogP contribution in [-0.2, 0) is 11.3 Å². The minimum Gasteiger partial charge on any atom is -0.353 e. The second-order valence-corrected chi connectivity index (χ2v) is 4.99. The van der Waals surface area contributed by atoms with Crippen LogP contribution in [0.5, 0.6) is 0 Å². The number of rotatable bonds is 4. The van der Waals surface area contributed by atoms with E-state index < -0.39 is 6.04 Å². The lowest BCUT2D eigenvalue weighted by Gasteiger charge is -2.34. The van der Waals surface area contributed by atoms with E-state index in [0.29, 0.717) is 26.1 Å². The Hall–Kier alpha value is -2.18. The highest BCUT2D eigenvalue weighted by Gasteiger charge is 2.32. The van der Waals surface area contributed by atoms with Gasteiger partial charge in [0.15, 0.2) is 0 Å². The molecule has 0 radical (unpaired) electrons. The van der Waals surface area contributed by atoms with Gasteiger partial charge >= 0.3 is 0 Å². The van der Waals surface area contributed by atoms with Crippen molar-refractivity contribution < 1.29 is 9.59 Å². The maximum Gasteiger partial charge on any atom is 0.275 e. The fraction of sp³-hybridized carbons (Fsp3) is 0.571. The van der Waals surface area contributed by atoms with Crippen molar-refractivity contribution in [3.8, 4) is 0 Å². The van der Waals surface area contributed by atoms with Gasteiger partial charge in [-0.15, -0.1) is 0 Å². The molecule has 2 amide bonds. The standard InChI is InChI=1S/C14H20N4O3/c1-3-8-18-12(19)6-5-10(16-18)14(21)17-9-7-15-13(20)11(17)4-2/h5-6,11H,3-4,7-9H2,1-2H3,(H,15,20). The predicted octanol–water partition coefficient (Wildman–Crippen LogP) is 0.00390. The Morgan fingerprint density at radius 2 is 2.14 bits per heavy atom. The SMILES string of the molecule is CCCn1nc(C(=O)N2CCNC(=O)C2CC)ccc1=O. The summed E-state index contributed by atoms with van der Waals surface area (Å²) in [4.78, 5) is 37.5. The molecule has 1 aliphatic heterocycles. The van der Waals surface area contributed by atoms with Crippen molar-refractivity contribution in [2.45, 2.75) is 39.3 Å². The Bertz CT molecular complexity index is 596. The van der Waals surface area contributed by atoms with E-state index >= 15 is 0 Å². The van der Waals surface area contributed by atoms with E-state index in [1.807, 2.05) is 13.8 Å². The first-order valence-electron chi connectivity index (χ1n) is 7.25. The van der Waals surface area contributed by atoms with Gasteiger partial charge in [0, 0.05) is 25.7 Å². The van der Waals surface area contributed by atoms with Gasteiger partial charge in [0.25, 0.3) is 11.5 Å². The van der Waals surface area contributed by atoms with Gasteiger partial charge in [0.05, 0.1) is 0 Å². The number of carbonyl (C=O) groups excluding carboxylic acids is 2. The van der Waals surface area contributed by atoms with Crippen LogP contribution in [0.25, 0.3) is 0 Å². The third-order valence-electron chi connectivity index (χ3n) is 3.50. The van der Waals surface area contributed by atoms with Crippen LogP contribution in [0.2, 0.25) is 0 Å². The van der Waals surface area contributed by atoms with E-state index in [0.717, 1.165) is 6.42 Å². The zero-order chi connectivity index (χ0) is 15.4. The summed E-state index contributed by atoms with van der Waals surface area (Å²) in [6, 6.07) is 2.30. The lowest BCUT2D eigenvalue weighted by Crippen LogP contribution is -2.57. The highest BCUT2D eigenvalue weighted by Crippen LogP contribution is 2.12. The molecule has 0 saturated carbocycles. The maximum atomic E-state index is 12.6. The molecule has 1 aliphatic rings. The normalized spacial score (nSPS) is 18.5. The van der Waals surface area contributed by atoms with E-state index in [4.69, 9.17) is 0 Å². The zero-order valence-corrected chi connectivity index (χ0v) is 12.3. The highest BCUT2D eigenvalue weighted by atomic mass is 16.2. The fourth-order valence-corrected chi connectivity index (χ4v) is 2.45. The minimum absolute atomic E-state index is 0.140. The van der Waals surface area contributed by atoms with Crippen LogP contribution in [0.1, 0.15) is 37.2 Å². The van der Waals surface area contributed by atoms with Crippen LogP contribution >= 0.6 is 0 Å². The molecular weight excluding hydrogens is 272 g/mol. The molecule has 7 nitrogen and oxygen atoms in total. The highest BCUT2D eigenvalue weighted by molar-refractivity contribution is 5.96. The molecule has 2 heterocycles. The summed E-state index contributed by atoms with van der Waals surface area (Å²) < 4.78 is 1.29. The first-order valence-corrected chi connectivity index (χ1v) is 7.25. The quantitative estimate of drug-likeness (QED) is 0.847. The Labute approximate surface area is 122 Å². The smallest absolute Gasteiger partial charge is 0.275 e. The molecule has 21 heavy (non-hydrogen) atoms. The molecule has 0 aliphatic carbocycles. The summed E-state index contributed by atoms with van der Waals surface area (Å²) in [5, 5.41) is 6.86. The van der Waals surface area contributed by atoms with Gasteiger partial charge in [0.2, 0.25) is 5.91 Å². The van der Waals surface area contributed by atoms with Crippen molar-refractivity contribution >= 4 is 11.8 Å². The van der Waals surface area contributed by atoms with Gasteiger partial charge < -0.3 is 10.2 Å². The molecule has 1 fully saturated rings. The molecule has 1 aromatic rings. The Morgan fingerprint density at radius 3 is 2.81 bits per heavy atom. The summed E-state index contributed by atoms with van der Waals surface area (Å²) >= 11 is 0. The van der Waals surface area contributed by atoms with Gasteiger partial charge in [-0.2, -0.15) is 5.10 Å². The first-order chi connectivity index (χ1) is 10.1. The maximum absolute atomic E-state index is 12.6. The van der Waals surface area contributed by atoms with Crippen LogP contribution in [0.3, 0.4) is 0 Å². The summed E-state index contributed by atoms with van der Waals surface area (Å²) in [5.74, 6) is -0.444. The van der Waals surface area contributed by atoms with E-state index in [1.165, 1.54) is 21.7 Å². The van der Waals surface area contributed by atoms with Crippen LogP contribution < -0.4 is 10.9 Å². The average Bonchev–Trinajstić information content (AvgIpc) is 2.48. The van der Waals surface area contributed by atoms with E-state index in [2.05, 4.69) is 10.4 Å². The monoisotopic (exact) mass is 292 g/mol. The van der Waals surface area contributed by atoms with Crippen molar-refractivity contribution in [2.24, 2.45) is 0 Å². The Balaban J connectivity index is 2.28. The number of aryl methyl sites for hydroxylation is 1. The lowest BCUT2D eigenvalue weighted by atomic mass is 10.1. The van der Waals surface area contributed by atoms with E-state index in [1.54, 1.807) is 0 Å². The third-order valence-corrected chi connectivity index (χ3v) is 3.50. The number of amides is 2. The molecule has 1 N–H and O–H groups in total. The van der Waals surface area contributed by atoms with Gasteiger partial charge in [-0.1, -0.05) is 13.8 Å². The molecular formula is C14H20N4O3. The molecule has 7 heteroatoms. The van der Waals surface area contributed by atoms with Crippen LogP contribution in [-0.4, -0.2) is 45.6 Å². The topological polar surface area (TPSA) is 84.3 Å². The minimum atomic E-state index is -0.473. The van der Waals surface area contributed by atoms with Crippen molar-refractivity contribution in [1.82, 2.24) is 20.0 Å². The second kappa shape index (κ2) is 6.51. The van der Waals surface area contributed by atoms with Crippen LogP contribution in [0.4, 0.5) is 0 Å². The summed E-state index contributed by atoms with van der Waals surface area (Å²) in [5.41, 5.74) is -0.0203. The molecule has 0 bridgehead atoms. The molecule has 1 unspecified atom stereocenters. The first kappa shape index (κ1) is 15.2. The van der Waals surface area contributed by atoms with Crippen molar-refractivity contribution in [2.75, 3.05) is 13.1 Å². The molecule has 114 valence electrons. The van der Waals surface area contributed by atoms with Gasteiger partial charge in [-0.25, -0.2) is 4.68 Å². The largest absolute Gasteiger partial charge is 0.353 e. The Kier molecular flexibility index (Phi) is 4.72. The number of hydrogen-bond donors (Lipinski definition) is 1. The van der Waals surface area contributed by atoms with E-state index in [-0.39, 0.29) is 23.1 Å². The average molecular weight is 292 g/mol. The van der Waals surface area contributed by atoms with E-state index in [9.17, 15) is 14.4 Å². The zero-order valence-electron chi connectivity index (χ0n) is 12.3. The molecule has 1 saturated heterocycles. The van der Waals surface area contributed by atoms with Crippen molar-refractivity contribution in [3.63, 3.8) is 0 Å². The number of nitrogens with one attached hydrogen (secondary N) is 1. The van der Waals surface area contributed by atoms with Crippen LogP contribution in [0, 0.1) is 0 Å². The summed E-state index contributed by atoms with van der Waals surface area (Å²) in [6.07, 6.45) is 1.31. The molecule has 0 aromatic carbocycles. The second-order valence-electron chi connectivity index (χ2n) is 4.99. The number of carbonyl (C=O) groups is 2. The summed E-state index contributed by atoms with van der Waals surface area (Å²) in [7, 11) is 0. The van der Waals surface area contributed by atoms with Crippen molar-refractivity contribution in [3.05, 3.63) is 28.2 Å². The number of aromatic nitrogens is 2. The Morgan fingerprint density at radius 1 is 1.38 bits per heavy atom. The lowest BCUT2D eigenvalue weighted by molar-refractivity contribution is -0.127.